The van der Waals surface area contributed by atoms with Crippen molar-refractivity contribution in [2.75, 3.05) is 6.61 Å². The summed E-state index contributed by atoms with van der Waals surface area (Å²) in [5, 5.41) is 0.697. The molecule has 1 aliphatic rings. The average Bonchev–Trinajstić information content (AvgIpc) is 2.17. The van der Waals surface area contributed by atoms with Crippen molar-refractivity contribution < 1.29 is 9.53 Å². The summed E-state index contributed by atoms with van der Waals surface area (Å²) in [6.45, 7) is 0.284. The summed E-state index contributed by atoms with van der Waals surface area (Å²) in [6.07, 6.45) is 0. The lowest BCUT2D eigenvalue weighted by molar-refractivity contribution is 0.0946. The van der Waals surface area contributed by atoms with Crippen LogP contribution < -0.4 is 4.74 Å². The molecule has 2 rings (SSSR count). The van der Waals surface area contributed by atoms with E-state index in [2.05, 4.69) is 15.9 Å². The Balaban J connectivity index is 2.59. The molecule has 0 saturated heterocycles. The average molecular weight is 296 g/mol. The van der Waals surface area contributed by atoms with Gasteiger partial charge in [-0.1, -0.05) is 39.1 Å². The number of fused-ring (bicyclic) bond motifs is 1. The van der Waals surface area contributed by atoms with Crippen LogP contribution >= 0.6 is 39.1 Å². The molecule has 0 spiro atoms. The fourth-order valence-corrected chi connectivity index (χ4v) is 2.02. The Hall–Kier alpha value is -0.250. The molecule has 1 aromatic rings. The van der Waals surface area contributed by atoms with Gasteiger partial charge in [0.2, 0.25) is 0 Å². The Morgan fingerprint density at radius 2 is 2.14 bits per heavy atom. The summed E-state index contributed by atoms with van der Waals surface area (Å²) >= 11 is 14.9. The second kappa shape index (κ2) is 3.72. The molecular formula is C9H5BrCl2O2. The van der Waals surface area contributed by atoms with Gasteiger partial charge >= 0.3 is 0 Å². The number of rotatable bonds is 0. The lowest BCUT2D eigenvalue weighted by Gasteiger charge is -2.21. The van der Waals surface area contributed by atoms with Crippen LogP contribution in [0.25, 0.3) is 0 Å². The van der Waals surface area contributed by atoms with Gasteiger partial charge in [0.1, 0.15) is 22.2 Å². The van der Waals surface area contributed by atoms with Gasteiger partial charge in [-0.2, -0.15) is 0 Å². The minimum Gasteiger partial charge on any atom is -0.490 e. The van der Waals surface area contributed by atoms with Crippen LogP contribution in [0.5, 0.6) is 5.75 Å². The van der Waals surface area contributed by atoms with Crippen LogP contribution in [-0.4, -0.2) is 17.2 Å². The second-order valence-corrected chi connectivity index (χ2v) is 4.77. The number of hydrogen-bond acceptors (Lipinski definition) is 2. The van der Waals surface area contributed by atoms with Gasteiger partial charge < -0.3 is 4.74 Å². The van der Waals surface area contributed by atoms with E-state index in [0.717, 1.165) is 0 Å². The molecule has 0 fully saturated rings. The molecular weight excluding hydrogens is 291 g/mol. The third-order valence-electron chi connectivity index (χ3n) is 1.97. The second-order valence-electron chi connectivity index (χ2n) is 2.88. The Labute approximate surface area is 99.3 Å². The van der Waals surface area contributed by atoms with E-state index >= 15 is 0 Å². The molecule has 0 amide bonds. The molecule has 0 saturated carbocycles. The highest BCUT2D eigenvalue weighted by atomic mass is 79.9. The maximum Gasteiger partial charge on any atom is 0.183 e. The van der Waals surface area contributed by atoms with Gasteiger partial charge in [0.15, 0.2) is 5.78 Å². The van der Waals surface area contributed by atoms with Gasteiger partial charge in [-0.05, 0) is 12.1 Å². The summed E-state index contributed by atoms with van der Waals surface area (Å²) in [5.41, 5.74) is 0.479. The van der Waals surface area contributed by atoms with Crippen LogP contribution in [0.3, 0.4) is 0 Å². The molecule has 1 aromatic carbocycles. The zero-order chi connectivity index (χ0) is 10.3. The molecule has 0 N–H and O–H groups in total. The molecule has 0 unspecified atom stereocenters. The van der Waals surface area contributed by atoms with Crippen molar-refractivity contribution in [3.05, 3.63) is 27.7 Å². The molecule has 1 heterocycles. The van der Waals surface area contributed by atoms with Crippen molar-refractivity contribution in [3.63, 3.8) is 0 Å². The number of carbonyl (C=O) groups excluding carboxylic acids is 1. The Morgan fingerprint density at radius 1 is 1.43 bits per heavy atom. The van der Waals surface area contributed by atoms with Crippen molar-refractivity contribution in [2.24, 2.45) is 0 Å². The molecule has 14 heavy (non-hydrogen) atoms. The van der Waals surface area contributed by atoms with E-state index in [-0.39, 0.29) is 17.2 Å². The molecule has 0 aromatic heterocycles. The SMILES string of the molecule is O=C1c2ccc(Cl)c(Cl)c2OC[C@H]1Br. The van der Waals surface area contributed by atoms with Crippen molar-refractivity contribution in [1.82, 2.24) is 0 Å². The third-order valence-corrected chi connectivity index (χ3v) is 3.44. The first-order chi connectivity index (χ1) is 6.61. The van der Waals surface area contributed by atoms with E-state index in [0.29, 0.717) is 21.4 Å². The first-order valence-corrected chi connectivity index (χ1v) is 5.57. The number of hydrogen-bond donors (Lipinski definition) is 0. The number of benzene rings is 1. The normalized spacial score (nSPS) is 20.2. The van der Waals surface area contributed by atoms with Gasteiger partial charge in [0, 0.05) is 0 Å². The third kappa shape index (κ3) is 1.53. The molecule has 0 aliphatic carbocycles. The molecule has 5 heteroatoms. The minimum absolute atomic E-state index is 0.0233. The highest BCUT2D eigenvalue weighted by Crippen LogP contribution is 2.38. The van der Waals surface area contributed by atoms with Crippen LogP contribution in [0.2, 0.25) is 10.0 Å². The lowest BCUT2D eigenvalue weighted by Crippen LogP contribution is -2.28. The summed E-state index contributed by atoms with van der Waals surface area (Å²) in [7, 11) is 0. The predicted octanol–water partition coefficient (Wildman–Crippen LogP) is 3.33. The van der Waals surface area contributed by atoms with Crippen molar-refractivity contribution in [1.29, 1.82) is 0 Å². The Kier molecular flexibility index (Phi) is 2.73. The molecule has 0 radical (unpaired) electrons. The van der Waals surface area contributed by atoms with Gasteiger partial charge in [0.25, 0.3) is 0 Å². The molecule has 1 aliphatic heterocycles. The molecule has 0 bridgehead atoms. The number of ether oxygens (including phenoxy) is 1. The number of alkyl halides is 1. The van der Waals surface area contributed by atoms with Crippen LogP contribution in [0.4, 0.5) is 0 Å². The largest absolute Gasteiger partial charge is 0.490 e. The van der Waals surface area contributed by atoms with Crippen molar-refractivity contribution in [3.8, 4) is 5.75 Å². The molecule has 74 valence electrons. The fraction of sp³-hybridized carbons (Fsp3) is 0.222. The zero-order valence-corrected chi connectivity index (χ0v) is 9.99. The Bertz CT molecular complexity index is 406. The number of halogens is 3. The summed E-state index contributed by atoms with van der Waals surface area (Å²) in [6, 6.07) is 3.22. The standard InChI is InChI=1S/C9H5BrCl2O2/c10-5-3-14-9-4(8(5)13)1-2-6(11)7(9)12/h1-2,5H,3H2/t5-/m1/s1. The fourth-order valence-electron chi connectivity index (χ4n) is 1.27. The summed E-state index contributed by atoms with van der Waals surface area (Å²) < 4.78 is 5.33. The van der Waals surface area contributed by atoms with Gasteiger partial charge in [-0.25, -0.2) is 0 Å². The topological polar surface area (TPSA) is 26.3 Å². The van der Waals surface area contributed by atoms with E-state index in [9.17, 15) is 4.79 Å². The quantitative estimate of drug-likeness (QED) is 0.686. The number of carbonyl (C=O) groups is 1. The maximum atomic E-state index is 11.7. The predicted molar refractivity (Wildman–Crippen MR) is 59.0 cm³/mol. The first kappa shape index (κ1) is 10.3. The van der Waals surface area contributed by atoms with Gasteiger partial charge in [-0.3, -0.25) is 4.79 Å². The minimum atomic E-state index is -0.299. The van der Waals surface area contributed by atoms with Crippen molar-refractivity contribution in [2.45, 2.75) is 4.83 Å². The van der Waals surface area contributed by atoms with Crippen LogP contribution in [0, 0.1) is 0 Å². The van der Waals surface area contributed by atoms with Crippen LogP contribution in [0.1, 0.15) is 10.4 Å². The maximum absolute atomic E-state index is 11.7. The molecule has 1 atom stereocenters. The number of Topliss-reactive ketones (excluding diaryl/α,β-unsaturated/α-hetero) is 1. The zero-order valence-electron chi connectivity index (χ0n) is 6.89. The van der Waals surface area contributed by atoms with Crippen LogP contribution in [-0.2, 0) is 0 Å². The molecule has 2 nitrogen and oxygen atoms in total. The monoisotopic (exact) mass is 294 g/mol. The van der Waals surface area contributed by atoms with E-state index in [1.807, 2.05) is 0 Å². The highest BCUT2D eigenvalue weighted by molar-refractivity contribution is 9.10. The highest BCUT2D eigenvalue weighted by Gasteiger charge is 2.28. The Morgan fingerprint density at radius 3 is 2.86 bits per heavy atom. The van der Waals surface area contributed by atoms with Crippen LogP contribution in [0.15, 0.2) is 12.1 Å². The summed E-state index contributed by atoms with van der Waals surface area (Å²) in [5.74, 6) is 0.365. The lowest BCUT2D eigenvalue weighted by atomic mass is 10.1. The number of ketones is 1. The first-order valence-electron chi connectivity index (χ1n) is 3.90. The van der Waals surface area contributed by atoms with Crippen molar-refractivity contribution >= 4 is 44.9 Å². The summed E-state index contributed by atoms with van der Waals surface area (Å²) in [4.78, 5) is 11.4. The smallest absolute Gasteiger partial charge is 0.183 e. The van der Waals surface area contributed by atoms with Gasteiger partial charge in [-0.15, -0.1) is 0 Å². The van der Waals surface area contributed by atoms with E-state index < -0.39 is 0 Å². The van der Waals surface area contributed by atoms with E-state index in [4.69, 9.17) is 27.9 Å². The van der Waals surface area contributed by atoms with Gasteiger partial charge in [0.05, 0.1) is 10.6 Å². The van der Waals surface area contributed by atoms with E-state index in [1.54, 1.807) is 12.1 Å². The van der Waals surface area contributed by atoms with E-state index in [1.165, 1.54) is 0 Å².